The van der Waals surface area contributed by atoms with E-state index in [-0.39, 0.29) is 9.76 Å². The summed E-state index contributed by atoms with van der Waals surface area (Å²) in [6, 6.07) is 0.597. The lowest BCUT2D eigenvalue weighted by Crippen LogP contribution is -2.06. The van der Waals surface area contributed by atoms with Gasteiger partial charge in [-0.1, -0.05) is 6.92 Å². The molecule has 0 aromatic carbocycles. The second-order valence-electron chi connectivity index (χ2n) is 1.01. The van der Waals surface area contributed by atoms with Crippen LogP contribution in [0.5, 0.6) is 0 Å². The molecular formula is C2H6O4SSi. The van der Waals surface area contributed by atoms with E-state index in [1.54, 1.807) is 6.92 Å². The molecule has 0 saturated heterocycles. The van der Waals surface area contributed by atoms with Crippen LogP contribution in [0.3, 0.4) is 0 Å². The SMILES string of the molecule is CC[Si]OS(=O)(=O)O. The summed E-state index contributed by atoms with van der Waals surface area (Å²) in [6.45, 7) is 1.75. The summed E-state index contributed by atoms with van der Waals surface area (Å²) >= 11 is 0. The molecule has 4 nitrogen and oxygen atoms in total. The third kappa shape index (κ3) is 6.09. The van der Waals surface area contributed by atoms with Gasteiger partial charge in [0.1, 0.15) is 0 Å². The quantitative estimate of drug-likeness (QED) is 0.454. The largest absolute Gasteiger partial charge is 0.387 e. The van der Waals surface area contributed by atoms with Gasteiger partial charge in [0.25, 0.3) is 9.76 Å². The van der Waals surface area contributed by atoms with Crippen LogP contribution in [-0.4, -0.2) is 22.7 Å². The van der Waals surface area contributed by atoms with Crippen molar-refractivity contribution < 1.29 is 16.8 Å². The normalized spacial score (nSPS) is 11.8. The smallest absolute Gasteiger partial charge is 0.295 e. The topological polar surface area (TPSA) is 63.6 Å². The second-order valence-corrected chi connectivity index (χ2v) is 3.53. The maximum Gasteiger partial charge on any atom is 0.387 e. The summed E-state index contributed by atoms with van der Waals surface area (Å²) in [5.41, 5.74) is 0. The average Bonchev–Trinajstić information content (AvgIpc) is 1.59. The summed E-state index contributed by atoms with van der Waals surface area (Å²) in [5, 5.41) is 0. The minimum absolute atomic E-state index is 0.172. The molecule has 0 atom stereocenters. The minimum atomic E-state index is -4.17. The first-order valence-corrected chi connectivity index (χ1v) is 4.43. The van der Waals surface area contributed by atoms with Crippen LogP contribution in [0.15, 0.2) is 0 Å². The Morgan fingerprint density at radius 3 is 2.38 bits per heavy atom. The first kappa shape index (κ1) is 8.09. The molecule has 0 heterocycles. The standard InChI is InChI=1S/C2H6O4SSi/c1-2-8-6-7(3,4)5/h2H2,1H3,(H,3,4,5). The zero-order valence-electron chi connectivity index (χ0n) is 4.29. The predicted octanol–water partition coefficient (Wildman–Crippen LogP) is -0.137. The number of hydrogen-bond acceptors (Lipinski definition) is 3. The molecule has 48 valence electrons. The Labute approximate surface area is 50.8 Å². The Kier molecular flexibility index (Phi) is 3.21. The summed E-state index contributed by atoms with van der Waals surface area (Å²) in [6.07, 6.45) is 0. The monoisotopic (exact) mass is 154 g/mol. The van der Waals surface area contributed by atoms with Crippen molar-refractivity contribution in [3.05, 3.63) is 0 Å². The third-order valence-electron chi connectivity index (χ3n) is 0.309. The van der Waals surface area contributed by atoms with Crippen molar-refractivity contribution >= 4 is 20.2 Å². The molecule has 1 N–H and O–H groups in total. The van der Waals surface area contributed by atoms with Gasteiger partial charge >= 0.3 is 10.4 Å². The highest BCUT2D eigenvalue weighted by atomic mass is 32.3. The third-order valence-corrected chi connectivity index (χ3v) is 1.91. The van der Waals surface area contributed by atoms with Crippen LogP contribution < -0.4 is 0 Å². The molecule has 6 heteroatoms. The van der Waals surface area contributed by atoms with Crippen molar-refractivity contribution in [2.24, 2.45) is 0 Å². The van der Waals surface area contributed by atoms with Crippen molar-refractivity contribution in [1.82, 2.24) is 0 Å². The summed E-state index contributed by atoms with van der Waals surface area (Å²) < 4.78 is 31.3. The van der Waals surface area contributed by atoms with Gasteiger partial charge in [0.2, 0.25) is 0 Å². The van der Waals surface area contributed by atoms with E-state index in [0.717, 1.165) is 0 Å². The zero-order valence-corrected chi connectivity index (χ0v) is 6.10. The molecule has 0 aliphatic heterocycles. The van der Waals surface area contributed by atoms with Gasteiger partial charge in [-0.2, -0.15) is 8.42 Å². The first-order chi connectivity index (χ1) is 3.56. The molecule has 0 saturated carbocycles. The maximum absolute atomic E-state index is 9.73. The lowest BCUT2D eigenvalue weighted by molar-refractivity contribution is 0.395. The summed E-state index contributed by atoms with van der Waals surface area (Å²) in [5.74, 6) is 0. The molecule has 0 spiro atoms. The van der Waals surface area contributed by atoms with Gasteiger partial charge < -0.3 is 0 Å². The molecule has 0 aromatic heterocycles. The maximum atomic E-state index is 9.73. The molecule has 0 aromatic rings. The molecule has 0 rings (SSSR count). The highest BCUT2D eigenvalue weighted by Crippen LogP contribution is 1.84. The van der Waals surface area contributed by atoms with Gasteiger partial charge in [-0.05, 0) is 6.04 Å². The van der Waals surface area contributed by atoms with Crippen molar-refractivity contribution in [3.8, 4) is 0 Å². The van der Waals surface area contributed by atoms with Crippen molar-refractivity contribution in [3.63, 3.8) is 0 Å². The highest BCUT2D eigenvalue weighted by Gasteiger charge is 2.01. The second kappa shape index (κ2) is 3.18. The van der Waals surface area contributed by atoms with Gasteiger partial charge in [-0.25, -0.2) is 0 Å². The zero-order chi connectivity index (χ0) is 6.62. The van der Waals surface area contributed by atoms with E-state index in [2.05, 4.69) is 3.87 Å². The van der Waals surface area contributed by atoms with Gasteiger partial charge in [0.05, 0.1) is 0 Å². The summed E-state index contributed by atoms with van der Waals surface area (Å²) in [4.78, 5) is 0. The minimum Gasteiger partial charge on any atom is -0.295 e. The van der Waals surface area contributed by atoms with Crippen LogP contribution in [0.25, 0.3) is 0 Å². The lowest BCUT2D eigenvalue weighted by atomic mass is 11.0. The van der Waals surface area contributed by atoms with E-state index in [1.165, 1.54) is 0 Å². The Morgan fingerprint density at radius 2 is 2.25 bits per heavy atom. The van der Waals surface area contributed by atoms with E-state index < -0.39 is 10.4 Å². The molecule has 0 bridgehead atoms. The van der Waals surface area contributed by atoms with Crippen LogP contribution in [0, 0.1) is 0 Å². The Morgan fingerprint density at radius 1 is 1.75 bits per heavy atom. The van der Waals surface area contributed by atoms with Crippen LogP contribution in [0.2, 0.25) is 6.04 Å². The van der Waals surface area contributed by atoms with E-state index >= 15 is 0 Å². The molecule has 0 aliphatic rings. The lowest BCUT2D eigenvalue weighted by Gasteiger charge is -1.90. The Hall–Kier alpha value is 0.0869. The van der Waals surface area contributed by atoms with Gasteiger partial charge in [-0.3, -0.25) is 8.42 Å². The molecular weight excluding hydrogens is 148 g/mol. The van der Waals surface area contributed by atoms with Gasteiger partial charge in [0.15, 0.2) is 0 Å². The number of rotatable bonds is 3. The summed E-state index contributed by atoms with van der Waals surface area (Å²) in [7, 11) is -4.35. The highest BCUT2D eigenvalue weighted by molar-refractivity contribution is 7.81. The first-order valence-electron chi connectivity index (χ1n) is 1.95. The molecule has 0 unspecified atom stereocenters. The Balaban J connectivity index is 3.42. The fourth-order valence-corrected chi connectivity index (χ4v) is 1.20. The number of hydrogen-bond donors (Lipinski definition) is 1. The molecule has 2 radical (unpaired) electrons. The fraction of sp³-hybridized carbons (Fsp3) is 1.00. The molecule has 0 amide bonds. The van der Waals surface area contributed by atoms with Crippen LogP contribution in [0.1, 0.15) is 6.92 Å². The Bertz CT molecular complexity index is 138. The van der Waals surface area contributed by atoms with Crippen molar-refractivity contribution in [1.29, 1.82) is 0 Å². The molecule has 0 fully saturated rings. The van der Waals surface area contributed by atoms with E-state index in [0.29, 0.717) is 6.04 Å². The van der Waals surface area contributed by atoms with Crippen LogP contribution in [0.4, 0.5) is 0 Å². The predicted molar refractivity (Wildman–Crippen MR) is 28.9 cm³/mol. The van der Waals surface area contributed by atoms with Crippen molar-refractivity contribution in [2.45, 2.75) is 13.0 Å². The van der Waals surface area contributed by atoms with Crippen molar-refractivity contribution in [2.75, 3.05) is 0 Å². The molecule has 8 heavy (non-hydrogen) atoms. The van der Waals surface area contributed by atoms with Crippen LogP contribution >= 0.6 is 0 Å². The van der Waals surface area contributed by atoms with E-state index in [4.69, 9.17) is 4.55 Å². The van der Waals surface area contributed by atoms with Crippen LogP contribution in [-0.2, 0) is 14.3 Å². The van der Waals surface area contributed by atoms with Gasteiger partial charge in [0, 0.05) is 0 Å². The molecule has 0 aliphatic carbocycles. The van der Waals surface area contributed by atoms with E-state index in [9.17, 15) is 8.42 Å². The van der Waals surface area contributed by atoms with Gasteiger partial charge in [-0.15, -0.1) is 0 Å². The fourth-order valence-electron chi connectivity index (χ4n) is 0.133. The average molecular weight is 154 g/mol. The van der Waals surface area contributed by atoms with E-state index in [1.807, 2.05) is 0 Å².